The van der Waals surface area contributed by atoms with Gasteiger partial charge in [0.25, 0.3) is 0 Å². The summed E-state index contributed by atoms with van der Waals surface area (Å²) in [5.41, 5.74) is 5.11. The number of rotatable bonds is 10. The molecule has 1 aromatic heterocycles. The van der Waals surface area contributed by atoms with Crippen molar-refractivity contribution in [2.45, 2.75) is 38.0 Å². The Morgan fingerprint density at radius 1 is 1.08 bits per heavy atom. The number of primary amides is 1. The number of carbonyl (C=O) groups is 2. The van der Waals surface area contributed by atoms with Crippen LogP contribution < -0.4 is 16.7 Å². The lowest BCUT2D eigenvalue weighted by Crippen LogP contribution is -2.34. The van der Waals surface area contributed by atoms with E-state index in [1.165, 1.54) is 24.3 Å². The fourth-order valence-corrected chi connectivity index (χ4v) is 4.24. The SMILES string of the molecule is NC(=O)NCC(CC(=O)Cn1nc(-c2ccc(Cl)cc2)n(CCC(F)(F)F)c1=O)c1cccc(Cl)c1Cl. The van der Waals surface area contributed by atoms with Crippen molar-refractivity contribution in [2.75, 3.05) is 6.54 Å². The maximum absolute atomic E-state index is 13.0. The van der Waals surface area contributed by atoms with E-state index in [4.69, 9.17) is 40.5 Å². The van der Waals surface area contributed by atoms with E-state index in [1.54, 1.807) is 18.2 Å². The van der Waals surface area contributed by atoms with E-state index in [2.05, 4.69) is 10.4 Å². The van der Waals surface area contributed by atoms with Crippen LogP contribution >= 0.6 is 34.8 Å². The molecule has 198 valence electrons. The zero-order valence-electron chi connectivity index (χ0n) is 19.1. The van der Waals surface area contributed by atoms with Crippen LogP contribution in [0.25, 0.3) is 11.4 Å². The minimum absolute atomic E-state index is 0.0384. The minimum Gasteiger partial charge on any atom is -0.352 e. The zero-order chi connectivity index (χ0) is 27.3. The van der Waals surface area contributed by atoms with E-state index in [-0.39, 0.29) is 28.8 Å². The van der Waals surface area contributed by atoms with Gasteiger partial charge in [-0.2, -0.15) is 13.2 Å². The number of carbonyl (C=O) groups excluding carboxylic acids is 2. The van der Waals surface area contributed by atoms with Crippen molar-refractivity contribution in [3.05, 3.63) is 73.6 Å². The maximum Gasteiger partial charge on any atom is 0.390 e. The number of nitrogens with zero attached hydrogens (tertiary/aromatic N) is 3. The summed E-state index contributed by atoms with van der Waals surface area (Å²) < 4.78 is 40.4. The van der Waals surface area contributed by atoms with E-state index in [9.17, 15) is 27.6 Å². The van der Waals surface area contributed by atoms with Crippen LogP contribution in [0.4, 0.5) is 18.0 Å². The predicted molar refractivity (Wildman–Crippen MR) is 134 cm³/mol. The second kappa shape index (κ2) is 12.0. The number of hydrogen-bond donors (Lipinski definition) is 2. The lowest BCUT2D eigenvalue weighted by Gasteiger charge is -2.18. The van der Waals surface area contributed by atoms with Gasteiger partial charge in [0, 0.05) is 36.0 Å². The van der Waals surface area contributed by atoms with Crippen LogP contribution in [-0.4, -0.2) is 38.9 Å². The fraction of sp³-hybridized carbons (Fsp3) is 0.304. The number of benzene rings is 2. The summed E-state index contributed by atoms with van der Waals surface area (Å²) in [4.78, 5) is 37.2. The summed E-state index contributed by atoms with van der Waals surface area (Å²) in [5, 5.41) is 7.37. The molecule has 0 saturated heterocycles. The predicted octanol–water partition coefficient (Wildman–Crippen LogP) is 5.04. The van der Waals surface area contributed by atoms with Crippen molar-refractivity contribution in [2.24, 2.45) is 5.73 Å². The number of aromatic nitrogens is 3. The lowest BCUT2D eigenvalue weighted by atomic mass is 9.93. The van der Waals surface area contributed by atoms with Crippen LogP contribution in [0, 0.1) is 0 Å². The summed E-state index contributed by atoms with van der Waals surface area (Å²) >= 11 is 18.3. The van der Waals surface area contributed by atoms with E-state index in [0.717, 1.165) is 9.25 Å². The van der Waals surface area contributed by atoms with Crippen LogP contribution in [0.5, 0.6) is 0 Å². The molecule has 0 aliphatic rings. The molecule has 2 aromatic carbocycles. The highest BCUT2D eigenvalue weighted by Crippen LogP contribution is 2.32. The molecule has 1 unspecified atom stereocenters. The van der Waals surface area contributed by atoms with E-state index >= 15 is 0 Å². The topological polar surface area (TPSA) is 112 Å². The van der Waals surface area contributed by atoms with E-state index < -0.39 is 49.1 Å². The minimum atomic E-state index is -4.51. The van der Waals surface area contributed by atoms with Gasteiger partial charge < -0.3 is 11.1 Å². The first-order chi connectivity index (χ1) is 17.4. The third-order valence-corrected chi connectivity index (χ3v) is 6.47. The summed E-state index contributed by atoms with van der Waals surface area (Å²) in [7, 11) is 0. The van der Waals surface area contributed by atoms with Gasteiger partial charge in [0.1, 0.15) is 6.54 Å². The number of alkyl halides is 3. The molecule has 0 aliphatic heterocycles. The van der Waals surface area contributed by atoms with E-state index in [0.29, 0.717) is 16.1 Å². The molecule has 0 bridgehead atoms. The Kier molecular flexibility index (Phi) is 9.27. The number of halogens is 6. The van der Waals surface area contributed by atoms with Crippen molar-refractivity contribution in [3.63, 3.8) is 0 Å². The highest BCUT2D eigenvalue weighted by molar-refractivity contribution is 6.42. The largest absolute Gasteiger partial charge is 0.390 e. The first kappa shape index (κ1) is 28.5. The van der Waals surface area contributed by atoms with Gasteiger partial charge in [-0.15, -0.1) is 5.10 Å². The second-order valence-corrected chi connectivity index (χ2v) is 9.34. The molecule has 3 rings (SSSR count). The highest BCUT2D eigenvalue weighted by Gasteiger charge is 2.29. The van der Waals surface area contributed by atoms with Gasteiger partial charge in [-0.05, 0) is 35.9 Å². The summed E-state index contributed by atoms with van der Waals surface area (Å²) in [6, 6.07) is 10.0. The summed E-state index contributed by atoms with van der Waals surface area (Å²) in [6.07, 6.45) is -5.97. The number of urea groups is 1. The molecular formula is C23H21Cl3F3N5O3. The van der Waals surface area contributed by atoms with E-state index in [1.807, 2.05) is 0 Å². The number of ketones is 1. The molecule has 0 aliphatic carbocycles. The van der Waals surface area contributed by atoms with Crippen LogP contribution in [0.15, 0.2) is 47.3 Å². The second-order valence-electron chi connectivity index (χ2n) is 8.12. The van der Waals surface area contributed by atoms with Gasteiger partial charge in [0.2, 0.25) is 0 Å². The van der Waals surface area contributed by atoms with Crippen LogP contribution in [0.1, 0.15) is 24.3 Å². The van der Waals surface area contributed by atoms with Gasteiger partial charge in [-0.3, -0.25) is 9.36 Å². The van der Waals surface area contributed by atoms with Gasteiger partial charge in [-0.25, -0.2) is 14.3 Å². The van der Waals surface area contributed by atoms with Crippen molar-refractivity contribution in [3.8, 4) is 11.4 Å². The van der Waals surface area contributed by atoms with Crippen LogP contribution in [0.3, 0.4) is 0 Å². The average molecular weight is 579 g/mol. The van der Waals surface area contributed by atoms with Crippen molar-refractivity contribution >= 4 is 46.6 Å². The molecule has 0 radical (unpaired) electrons. The smallest absolute Gasteiger partial charge is 0.352 e. The van der Waals surface area contributed by atoms with Gasteiger partial charge >= 0.3 is 17.9 Å². The third-order valence-electron chi connectivity index (χ3n) is 5.39. The standard InChI is InChI=1S/C23H21Cl3F3N5O3/c24-15-6-4-13(5-7-15)20-32-34(22(37)33(20)9-8-23(27,28)29)12-16(35)10-14(11-31-21(30)36)17-2-1-3-18(25)19(17)26/h1-7,14H,8-12H2,(H3,30,31,36). The first-order valence-corrected chi connectivity index (χ1v) is 12.0. The molecule has 37 heavy (non-hydrogen) atoms. The molecule has 0 spiro atoms. The Hall–Kier alpha value is -3.02. The Morgan fingerprint density at radius 2 is 1.76 bits per heavy atom. The third kappa shape index (κ3) is 7.73. The molecule has 0 saturated carbocycles. The first-order valence-electron chi connectivity index (χ1n) is 10.8. The van der Waals surface area contributed by atoms with Gasteiger partial charge in [0.15, 0.2) is 11.6 Å². The Labute approximate surface area is 224 Å². The lowest BCUT2D eigenvalue weighted by molar-refractivity contribution is -0.136. The Bertz CT molecular complexity index is 1340. The molecule has 3 aromatic rings. The normalized spacial score (nSPS) is 12.4. The van der Waals surface area contributed by atoms with Gasteiger partial charge in [0.05, 0.1) is 16.5 Å². The molecule has 2 amide bonds. The summed E-state index contributed by atoms with van der Waals surface area (Å²) in [6.45, 7) is -1.26. The zero-order valence-corrected chi connectivity index (χ0v) is 21.3. The number of amides is 2. The van der Waals surface area contributed by atoms with Crippen molar-refractivity contribution in [1.29, 1.82) is 0 Å². The molecule has 8 nitrogen and oxygen atoms in total. The van der Waals surface area contributed by atoms with Crippen LogP contribution in [0.2, 0.25) is 15.1 Å². The van der Waals surface area contributed by atoms with Crippen molar-refractivity contribution in [1.82, 2.24) is 19.7 Å². The van der Waals surface area contributed by atoms with Crippen molar-refractivity contribution < 1.29 is 22.8 Å². The average Bonchev–Trinajstić information content (AvgIpc) is 3.12. The molecule has 1 heterocycles. The molecule has 14 heteroatoms. The number of hydrogen-bond acceptors (Lipinski definition) is 4. The number of nitrogens with two attached hydrogens (primary N) is 1. The molecule has 3 N–H and O–H groups in total. The Balaban J connectivity index is 1.90. The fourth-order valence-electron chi connectivity index (χ4n) is 3.65. The van der Waals surface area contributed by atoms with Crippen LogP contribution in [-0.2, 0) is 17.9 Å². The Morgan fingerprint density at radius 3 is 2.38 bits per heavy atom. The summed E-state index contributed by atoms with van der Waals surface area (Å²) in [5.74, 6) is -1.17. The quantitative estimate of drug-likeness (QED) is 0.351. The van der Waals surface area contributed by atoms with Gasteiger partial charge in [-0.1, -0.05) is 46.9 Å². The molecular weight excluding hydrogens is 558 g/mol. The molecule has 1 atom stereocenters. The molecule has 0 fully saturated rings. The monoisotopic (exact) mass is 577 g/mol. The maximum atomic E-state index is 13.0. The highest BCUT2D eigenvalue weighted by atomic mass is 35.5. The number of Topliss-reactive ketones (excluding diaryl/α,β-unsaturated/α-hetero) is 1. The number of nitrogens with one attached hydrogen (secondary N) is 1.